The number of nitrogens with two attached hydrogens (primary N) is 1. The minimum atomic E-state index is -3.86. The van der Waals surface area contributed by atoms with Crippen LogP contribution in [0.15, 0.2) is 29.4 Å². The first-order chi connectivity index (χ1) is 8.39. The summed E-state index contributed by atoms with van der Waals surface area (Å²) in [4.78, 5) is 0. The van der Waals surface area contributed by atoms with Crippen LogP contribution in [0.25, 0.3) is 0 Å². The summed E-state index contributed by atoms with van der Waals surface area (Å²) in [5.41, 5.74) is 0.843. The molecular formula is C10H11ClN4O2S. The van der Waals surface area contributed by atoms with E-state index in [4.69, 9.17) is 16.7 Å². The van der Waals surface area contributed by atoms with Crippen LogP contribution in [0.1, 0.15) is 11.4 Å². The molecule has 1 heterocycles. The van der Waals surface area contributed by atoms with Crippen LogP contribution < -0.4 is 5.14 Å². The summed E-state index contributed by atoms with van der Waals surface area (Å²) in [6, 6.07) is 7.26. The fourth-order valence-electron chi connectivity index (χ4n) is 1.56. The molecule has 0 fully saturated rings. The van der Waals surface area contributed by atoms with Gasteiger partial charge in [-0.3, -0.25) is 0 Å². The normalized spacial score (nSPS) is 11.7. The lowest BCUT2D eigenvalue weighted by molar-refractivity contribution is 0.578. The molecule has 0 bridgehead atoms. The Kier molecular flexibility index (Phi) is 3.38. The van der Waals surface area contributed by atoms with Gasteiger partial charge in [0.15, 0.2) is 0 Å². The van der Waals surface area contributed by atoms with Gasteiger partial charge in [0.05, 0.1) is 0 Å². The first-order valence-corrected chi connectivity index (χ1v) is 6.96. The third-order valence-electron chi connectivity index (χ3n) is 2.49. The van der Waals surface area contributed by atoms with E-state index in [0.717, 1.165) is 5.56 Å². The van der Waals surface area contributed by atoms with Crippen LogP contribution in [0.4, 0.5) is 0 Å². The van der Waals surface area contributed by atoms with E-state index in [1.165, 1.54) is 4.57 Å². The van der Waals surface area contributed by atoms with Gasteiger partial charge < -0.3 is 4.57 Å². The quantitative estimate of drug-likeness (QED) is 0.899. The van der Waals surface area contributed by atoms with Crippen LogP contribution in [-0.4, -0.2) is 23.2 Å². The third kappa shape index (κ3) is 2.53. The molecule has 0 amide bonds. The zero-order valence-corrected chi connectivity index (χ0v) is 11.1. The van der Waals surface area contributed by atoms with E-state index in [2.05, 4.69) is 10.2 Å². The lowest BCUT2D eigenvalue weighted by Gasteiger charge is -2.04. The van der Waals surface area contributed by atoms with Gasteiger partial charge in [-0.15, -0.1) is 10.2 Å². The predicted molar refractivity (Wildman–Crippen MR) is 66.6 cm³/mol. The molecule has 0 radical (unpaired) electrons. The Bertz CT molecular complexity index is 681. The van der Waals surface area contributed by atoms with Gasteiger partial charge in [0.25, 0.3) is 15.2 Å². The SMILES string of the molecule is Cn1c(Cc2ccccc2Cl)nnc1S(N)(=O)=O. The smallest absolute Gasteiger partial charge is 0.273 e. The van der Waals surface area contributed by atoms with E-state index >= 15 is 0 Å². The van der Waals surface area contributed by atoms with Gasteiger partial charge in [-0.05, 0) is 11.6 Å². The Labute approximate surface area is 109 Å². The molecule has 1 aromatic heterocycles. The van der Waals surface area contributed by atoms with Crippen molar-refractivity contribution < 1.29 is 8.42 Å². The monoisotopic (exact) mass is 286 g/mol. The van der Waals surface area contributed by atoms with Crippen molar-refractivity contribution in [3.63, 3.8) is 0 Å². The van der Waals surface area contributed by atoms with E-state index in [0.29, 0.717) is 17.3 Å². The standard InChI is InChI=1S/C10H11ClN4O2S/c1-15-9(13-14-10(15)18(12,16)17)6-7-4-2-3-5-8(7)11/h2-5H,6H2,1H3,(H2,12,16,17). The highest BCUT2D eigenvalue weighted by Crippen LogP contribution is 2.18. The van der Waals surface area contributed by atoms with Crippen molar-refractivity contribution in [2.24, 2.45) is 12.2 Å². The molecule has 0 saturated carbocycles. The second-order valence-electron chi connectivity index (χ2n) is 3.77. The van der Waals surface area contributed by atoms with Crippen LogP contribution in [0.3, 0.4) is 0 Å². The molecule has 0 atom stereocenters. The van der Waals surface area contributed by atoms with Gasteiger partial charge in [0.2, 0.25) is 0 Å². The molecule has 0 aliphatic heterocycles. The van der Waals surface area contributed by atoms with Crippen molar-refractivity contribution in [3.8, 4) is 0 Å². The lowest BCUT2D eigenvalue weighted by atomic mass is 10.1. The second kappa shape index (κ2) is 4.68. The molecule has 96 valence electrons. The van der Waals surface area contributed by atoms with Crippen molar-refractivity contribution in [1.82, 2.24) is 14.8 Å². The summed E-state index contributed by atoms with van der Waals surface area (Å²) < 4.78 is 23.8. The average Bonchev–Trinajstić information content (AvgIpc) is 2.63. The number of hydrogen-bond acceptors (Lipinski definition) is 4. The van der Waals surface area contributed by atoms with Crippen molar-refractivity contribution in [1.29, 1.82) is 0 Å². The van der Waals surface area contributed by atoms with Crippen LogP contribution in [-0.2, 0) is 23.5 Å². The molecule has 0 saturated heterocycles. The Morgan fingerprint density at radius 2 is 2.00 bits per heavy atom. The molecule has 0 unspecified atom stereocenters. The summed E-state index contributed by atoms with van der Waals surface area (Å²) in [6.07, 6.45) is 0.388. The largest absolute Gasteiger partial charge is 0.304 e. The van der Waals surface area contributed by atoms with Crippen LogP contribution in [0, 0.1) is 0 Å². The summed E-state index contributed by atoms with van der Waals surface area (Å²) in [6.45, 7) is 0. The van der Waals surface area contributed by atoms with E-state index in [1.807, 2.05) is 18.2 Å². The number of sulfonamides is 1. The molecular weight excluding hydrogens is 276 g/mol. The molecule has 18 heavy (non-hydrogen) atoms. The molecule has 0 aliphatic rings. The molecule has 0 aliphatic carbocycles. The van der Waals surface area contributed by atoms with Crippen LogP contribution >= 0.6 is 11.6 Å². The predicted octanol–water partition coefficient (Wildman–Crippen LogP) is 0.707. The lowest BCUT2D eigenvalue weighted by Crippen LogP contribution is -2.17. The first kappa shape index (κ1) is 13.0. The summed E-state index contributed by atoms with van der Waals surface area (Å²) in [5, 5.41) is 12.7. The van der Waals surface area contributed by atoms with E-state index < -0.39 is 10.0 Å². The Morgan fingerprint density at radius 3 is 2.56 bits per heavy atom. The molecule has 2 rings (SSSR count). The van der Waals surface area contributed by atoms with Gasteiger partial charge in [0, 0.05) is 18.5 Å². The highest BCUT2D eigenvalue weighted by atomic mass is 35.5. The molecule has 2 aromatic rings. The molecule has 8 heteroatoms. The molecule has 0 spiro atoms. The fourth-order valence-corrected chi connectivity index (χ4v) is 2.40. The van der Waals surface area contributed by atoms with E-state index in [9.17, 15) is 8.42 Å². The van der Waals surface area contributed by atoms with Gasteiger partial charge in [0.1, 0.15) is 5.82 Å². The first-order valence-electron chi connectivity index (χ1n) is 5.04. The topological polar surface area (TPSA) is 90.9 Å². The molecule has 1 aromatic carbocycles. The maximum absolute atomic E-state index is 11.2. The number of primary sulfonamides is 1. The molecule has 6 nitrogen and oxygen atoms in total. The van der Waals surface area contributed by atoms with Crippen LogP contribution in [0.2, 0.25) is 5.02 Å². The number of halogens is 1. The minimum Gasteiger partial charge on any atom is -0.304 e. The van der Waals surface area contributed by atoms with E-state index in [1.54, 1.807) is 13.1 Å². The Morgan fingerprint density at radius 1 is 1.33 bits per heavy atom. The van der Waals surface area contributed by atoms with Crippen molar-refractivity contribution in [3.05, 3.63) is 40.7 Å². The number of nitrogens with zero attached hydrogens (tertiary/aromatic N) is 3. The summed E-state index contributed by atoms with van der Waals surface area (Å²) in [7, 11) is -2.31. The highest BCUT2D eigenvalue weighted by Gasteiger charge is 2.18. The average molecular weight is 287 g/mol. The van der Waals surface area contributed by atoms with Gasteiger partial charge in [-0.25, -0.2) is 13.6 Å². The van der Waals surface area contributed by atoms with Crippen molar-refractivity contribution in [2.45, 2.75) is 11.6 Å². The number of aromatic nitrogens is 3. The Balaban J connectivity index is 2.38. The number of benzene rings is 1. The van der Waals surface area contributed by atoms with E-state index in [-0.39, 0.29) is 5.16 Å². The third-order valence-corrected chi connectivity index (χ3v) is 3.72. The number of hydrogen-bond donors (Lipinski definition) is 1. The van der Waals surface area contributed by atoms with Gasteiger partial charge in [-0.1, -0.05) is 29.8 Å². The highest BCUT2D eigenvalue weighted by molar-refractivity contribution is 7.89. The number of rotatable bonds is 3. The zero-order valence-electron chi connectivity index (χ0n) is 9.54. The fraction of sp³-hybridized carbons (Fsp3) is 0.200. The molecule has 2 N–H and O–H groups in total. The van der Waals surface area contributed by atoms with Crippen molar-refractivity contribution in [2.75, 3.05) is 0 Å². The maximum Gasteiger partial charge on any atom is 0.273 e. The Hall–Kier alpha value is -1.44. The summed E-state index contributed by atoms with van der Waals surface area (Å²) in [5.74, 6) is 0.479. The van der Waals surface area contributed by atoms with Gasteiger partial charge >= 0.3 is 0 Å². The van der Waals surface area contributed by atoms with Gasteiger partial charge in [-0.2, -0.15) is 0 Å². The zero-order chi connectivity index (χ0) is 13.3. The maximum atomic E-state index is 11.2. The minimum absolute atomic E-state index is 0.260. The summed E-state index contributed by atoms with van der Waals surface area (Å²) >= 11 is 6.02. The second-order valence-corrected chi connectivity index (χ2v) is 5.63. The van der Waals surface area contributed by atoms with Crippen molar-refractivity contribution >= 4 is 21.6 Å². The van der Waals surface area contributed by atoms with Crippen LogP contribution in [0.5, 0.6) is 0 Å².